The van der Waals surface area contributed by atoms with E-state index in [0.717, 1.165) is 22.6 Å². The molecule has 1 aliphatic rings. The predicted molar refractivity (Wildman–Crippen MR) is 181 cm³/mol. The van der Waals surface area contributed by atoms with E-state index in [-0.39, 0.29) is 0 Å². The zero-order chi connectivity index (χ0) is 28.3. The molecule has 8 aromatic carbocycles. The van der Waals surface area contributed by atoms with Gasteiger partial charge in [0, 0.05) is 10.9 Å². The molecular formula is C42H26O. The maximum absolute atomic E-state index is 6.58. The van der Waals surface area contributed by atoms with Gasteiger partial charge in [0.05, 0.1) is 0 Å². The normalized spacial score (nSPS) is 11.9. The second-order valence-corrected chi connectivity index (χ2v) is 11.3. The molecule has 0 spiro atoms. The smallest absolute Gasteiger partial charge is 0.135 e. The molecule has 0 radical (unpaired) electrons. The van der Waals surface area contributed by atoms with Crippen molar-refractivity contribution < 1.29 is 4.74 Å². The molecule has 0 bridgehead atoms. The Bertz CT molecular complexity index is 2300. The highest BCUT2D eigenvalue weighted by molar-refractivity contribution is 6.21. The summed E-state index contributed by atoms with van der Waals surface area (Å²) in [5, 5.41) is 7.35. The van der Waals surface area contributed by atoms with Crippen LogP contribution in [0.25, 0.3) is 76.8 Å². The largest absolute Gasteiger partial charge is 0.456 e. The number of rotatable bonds is 3. The average Bonchev–Trinajstić information content (AvgIpc) is 3.07. The molecule has 0 atom stereocenters. The molecule has 8 aromatic rings. The molecular weight excluding hydrogens is 520 g/mol. The van der Waals surface area contributed by atoms with E-state index in [9.17, 15) is 0 Å². The lowest BCUT2D eigenvalue weighted by molar-refractivity contribution is 0.487. The standard InChI is InChI=1S/C42H26O/c1-2-11-27(12-3-1)29-15-8-16-30(25-29)40-34-17-4-6-19-36(34)41(37-20-7-5-18-35(37)40)31-23-24-32-33-21-9-13-28-14-10-22-38(42(28)33)43-39(32)26-31/h1-26H. The first kappa shape index (κ1) is 24.0. The molecule has 1 nitrogen and oxygen atoms in total. The highest BCUT2D eigenvalue weighted by Crippen LogP contribution is 2.49. The fourth-order valence-corrected chi connectivity index (χ4v) is 6.95. The van der Waals surface area contributed by atoms with Crippen LogP contribution >= 0.6 is 0 Å². The molecule has 1 heteroatoms. The highest BCUT2D eigenvalue weighted by Gasteiger charge is 2.22. The summed E-state index contributed by atoms with van der Waals surface area (Å²) >= 11 is 0. The summed E-state index contributed by atoms with van der Waals surface area (Å²) in [5.41, 5.74) is 9.68. The number of benzene rings is 8. The van der Waals surface area contributed by atoms with Crippen molar-refractivity contribution in [1.82, 2.24) is 0 Å². The van der Waals surface area contributed by atoms with Crippen LogP contribution < -0.4 is 4.74 Å². The van der Waals surface area contributed by atoms with E-state index in [4.69, 9.17) is 4.74 Å². The number of fused-ring (bicyclic) bond motifs is 4. The second-order valence-electron chi connectivity index (χ2n) is 11.3. The van der Waals surface area contributed by atoms with Gasteiger partial charge in [-0.1, -0.05) is 133 Å². The molecule has 9 rings (SSSR count). The molecule has 0 aliphatic carbocycles. The van der Waals surface area contributed by atoms with Crippen LogP contribution in [0.3, 0.4) is 0 Å². The van der Waals surface area contributed by atoms with E-state index in [1.165, 1.54) is 65.7 Å². The highest BCUT2D eigenvalue weighted by atomic mass is 16.5. The Hall–Kier alpha value is -5.66. The third-order valence-electron chi connectivity index (χ3n) is 8.84. The molecule has 0 N–H and O–H groups in total. The first-order valence-electron chi connectivity index (χ1n) is 14.8. The second kappa shape index (κ2) is 9.44. The number of hydrogen-bond donors (Lipinski definition) is 0. The lowest BCUT2D eigenvalue weighted by atomic mass is 9.84. The van der Waals surface area contributed by atoms with Crippen molar-refractivity contribution in [3.8, 4) is 56.0 Å². The SMILES string of the molecule is c1ccc(-c2cccc(-c3c4ccccc4c(-c4ccc5c(c4)Oc4cccc6cccc-5c46)c4ccccc34)c2)cc1. The van der Waals surface area contributed by atoms with E-state index < -0.39 is 0 Å². The van der Waals surface area contributed by atoms with E-state index >= 15 is 0 Å². The first-order chi connectivity index (χ1) is 21.3. The molecule has 1 heterocycles. The van der Waals surface area contributed by atoms with E-state index in [1.54, 1.807) is 0 Å². The summed E-state index contributed by atoms with van der Waals surface area (Å²) in [7, 11) is 0. The molecule has 1 aliphatic heterocycles. The van der Waals surface area contributed by atoms with Crippen molar-refractivity contribution in [2.24, 2.45) is 0 Å². The van der Waals surface area contributed by atoms with Crippen LogP contribution in [0.5, 0.6) is 11.5 Å². The Morgan fingerprint density at radius 3 is 1.58 bits per heavy atom. The minimum atomic E-state index is 0.900. The van der Waals surface area contributed by atoms with Gasteiger partial charge in [-0.05, 0) is 90.1 Å². The quantitative estimate of drug-likeness (QED) is 0.200. The van der Waals surface area contributed by atoms with Gasteiger partial charge >= 0.3 is 0 Å². The van der Waals surface area contributed by atoms with Gasteiger partial charge in [0.25, 0.3) is 0 Å². The van der Waals surface area contributed by atoms with Crippen LogP contribution in [0.15, 0.2) is 158 Å². The average molecular weight is 547 g/mol. The summed E-state index contributed by atoms with van der Waals surface area (Å²) in [6.45, 7) is 0. The van der Waals surface area contributed by atoms with E-state index in [1.807, 2.05) is 0 Å². The fraction of sp³-hybridized carbons (Fsp3) is 0. The zero-order valence-electron chi connectivity index (χ0n) is 23.4. The van der Waals surface area contributed by atoms with E-state index in [2.05, 4.69) is 158 Å². The third-order valence-corrected chi connectivity index (χ3v) is 8.84. The Morgan fingerprint density at radius 2 is 0.884 bits per heavy atom. The van der Waals surface area contributed by atoms with Crippen molar-refractivity contribution in [2.75, 3.05) is 0 Å². The molecule has 0 aromatic heterocycles. The van der Waals surface area contributed by atoms with Gasteiger partial charge in [0.1, 0.15) is 11.5 Å². The van der Waals surface area contributed by atoms with Crippen molar-refractivity contribution in [2.45, 2.75) is 0 Å². The Kier molecular flexibility index (Phi) is 5.27. The molecule has 0 saturated carbocycles. The lowest BCUT2D eigenvalue weighted by Crippen LogP contribution is -1.98. The molecule has 0 saturated heterocycles. The van der Waals surface area contributed by atoms with Crippen LogP contribution in [0.2, 0.25) is 0 Å². The van der Waals surface area contributed by atoms with Crippen molar-refractivity contribution in [1.29, 1.82) is 0 Å². The zero-order valence-corrected chi connectivity index (χ0v) is 23.4. The van der Waals surface area contributed by atoms with Gasteiger partial charge in [-0.25, -0.2) is 0 Å². The van der Waals surface area contributed by atoms with Crippen LogP contribution in [-0.2, 0) is 0 Å². The Morgan fingerprint density at radius 1 is 0.326 bits per heavy atom. The minimum absolute atomic E-state index is 0.900. The van der Waals surface area contributed by atoms with Gasteiger partial charge in [-0.15, -0.1) is 0 Å². The topological polar surface area (TPSA) is 9.23 Å². The number of ether oxygens (including phenoxy) is 1. The Labute approximate surface area is 250 Å². The first-order valence-corrected chi connectivity index (χ1v) is 14.8. The molecule has 0 unspecified atom stereocenters. The van der Waals surface area contributed by atoms with Crippen LogP contribution in [0, 0.1) is 0 Å². The molecule has 43 heavy (non-hydrogen) atoms. The molecule has 0 amide bonds. The molecule has 0 fully saturated rings. The van der Waals surface area contributed by atoms with Crippen molar-refractivity contribution in [3.05, 3.63) is 158 Å². The summed E-state index contributed by atoms with van der Waals surface area (Å²) in [4.78, 5) is 0. The maximum atomic E-state index is 6.58. The predicted octanol–water partition coefficient (Wildman–Crippen LogP) is 11.9. The van der Waals surface area contributed by atoms with Gasteiger partial charge in [0.2, 0.25) is 0 Å². The van der Waals surface area contributed by atoms with E-state index in [0.29, 0.717) is 0 Å². The van der Waals surface area contributed by atoms with Crippen LogP contribution in [0.4, 0.5) is 0 Å². The summed E-state index contributed by atoms with van der Waals surface area (Å²) in [5.74, 6) is 1.82. The monoisotopic (exact) mass is 546 g/mol. The van der Waals surface area contributed by atoms with Crippen LogP contribution in [-0.4, -0.2) is 0 Å². The summed E-state index contributed by atoms with van der Waals surface area (Å²) < 4.78 is 6.58. The van der Waals surface area contributed by atoms with Crippen molar-refractivity contribution >= 4 is 32.3 Å². The Balaban J connectivity index is 1.29. The van der Waals surface area contributed by atoms with Gasteiger partial charge in [-0.3, -0.25) is 0 Å². The van der Waals surface area contributed by atoms with Gasteiger partial charge in [-0.2, -0.15) is 0 Å². The lowest BCUT2D eigenvalue weighted by Gasteiger charge is -2.23. The molecule has 200 valence electrons. The maximum Gasteiger partial charge on any atom is 0.135 e. The van der Waals surface area contributed by atoms with Crippen LogP contribution in [0.1, 0.15) is 0 Å². The van der Waals surface area contributed by atoms with Gasteiger partial charge in [0.15, 0.2) is 0 Å². The fourth-order valence-electron chi connectivity index (χ4n) is 6.95. The summed E-state index contributed by atoms with van der Waals surface area (Å²) in [6, 6.07) is 56.7. The van der Waals surface area contributed by atoms with Gasteiger partial charge < -0.3 is 4.74 Å². The number of hydrogen-bond acceptors (Lipinski definition) is 1. The third kappa shape index (κ3) is 3.72. The minimum Gasteiger partial charge on any atom is -0.456 e. The van der Waals surface area contributed by atoms with Crippen molar-refractivity contribution in [3.63, 3.8) is 0 Å². The summed E-state index contributed by atoms with van der Waals surface area (Å²) in [6.07, 6.45) is 0.